The number of benzene rings is 1. The number of likely N-dealkylation sites (tertiary alicyclic amines) is 1. The van der Waals surface area contributed by atoms with Crippen LogP contribution in [0.2, 0.25) is 5.02 Å². The summed E-state index contributed by atoms with van der Waals surface area (Å²) in [4.78, 5) is 31.5. The number of amides is 1. The number of anilines is 2. The van der Waals surface area contributed by atoms with Crippen LogP contribution in [-0.2, 0) is 4.79 Å². The van der Waals surface area contributed by atoms with Crippen LogP contribution in [0.1, 0.15) is 24.5 Å². The number of hydrogen-bond donors (Lipinski definition) is 1. The molecule has 4 heterocycles. The Hall–Kier alpha value is -2.84. The van der Waals surface area contributed by atoms with Crippen LogP contribution in [0.3, 0.4) is 0 Å². The molecule has 0 bridgehead atoms. The van der Waals surface area contributed by atoms with Crippen molar-refractivity contribution in [2.75, 3.05) is 43.9 Å². The zero-order valence-corrected chi connectivity index (χ0v) is 26.2. The molecule has 220 valence electrons. The Balaban J connectivity index is 1.63. The fraction of sp³-hybridized carbons (Fsp3) is 0.429. The van der Waals surface area contributed by atoms with Crippen molar-refractivity contribution in [3.05, 3.63) is 46.8 Å². The Morgan fingerprint density at radius 1 is 1.24 bits per heavy atom. The fourth-order valence-corrected chi connectivity index (χ4v) is 7.70. The molecule has 0 unspecified atom stereocenters. The van der Waals surface area contributed by atoms with Gasteiger partial charge in [0.1, 0.15) is 0 Å². The SMILES string of the molecule is C=CC(=O)N1CCN(c2nc(O[I-][C@@H]3C[C@@H](F)CN3C)nc3c(F)c(-c4nc(N)cc(C)c4C)c(Cl)cc23)[C@@H](C)C1. The standard InChI is InChI=1S/C28H32ClF2IN7O2/c1-6-22(40)38-7-8-39(15(3)12-38)27-18-11-19(29)23(25-16(4)14(2)9-21(33)34-25)24(31)26(18)35-28(36-27)41-32-20-10-17(30)13-37(20)5/h6,9,11,15,17,20H,1,7-8,10,12-13H2,2-5H3,(H2,33,34)/q-1/t15-,17+,20-/m0/s1. The molecule has 3 aromatic rings. The predicted molar refractivity (Wildman–Crippen MR) is 152 cm³/mol. The van der Waals surface area contributed by atoms with E-state index in [4.69, 9.17) is 25.4 Å². The number of nitrogens with two attached hydrogens (primary N) is 1. The Morgan fingerprint density at radius 2 is 2.00 bits per heavy atom. The van der Waals surface area contributed by atoms with Gasteiger partial charge in [-0.15, -0.1) is 0 Å². The summed E-state index contributed by atoms with van der Waals surface area (Å²) in [5, 5.41) is 0.563. The van der Waals surface area contributed by atoms with Gasteiger partial charge in [0.15, 0.2) is 0 Å². The zero-order chi connectivity index (χ0) is 29.6. The van der Waals surface area contributed by atoms with Gasteiger partial charge in [0, 0.05) is 0 Å². The van der Waals surface area contributed by atoms with Crippen LogP contribution in [0.4, 0.5) is 20.4 Å². The Labute approximate surface area is 253 Å². The zero-order valence-electron chi connectivity index (χ0n) is 23.3. The van der Waals surface area contributed by atoms with E-state index in [0.717, 1.165) is 11.1 Å². The molecule has 9 nitrogen and oxygen atoms in total. The molecule has 0 spiro atoms. The first-order valence-electron chi connectivity index (χ1n) is 13.2. The molecule has 0 saturated carbocycles. The van der Waals surface area contributed by atoms with Crippen molar-refractivity contribution in [3.8, 4) is 17.3 Å². The number of aromatic nitrogens is 3. The summed E-state index contributed by atoms with van der Waals surface area (Å²) in [6.07, 6.45) is 0.774. The second kappa shape index (κ2) is 11.8. The van der Waals surface area contributed by atoms with Crippen LogP contribution in [0.25, 0.3) is 22.2 Å². The molecule has 1 amide bonds. The van der Waals surface area contributed by atoms with Gasteiger partial charge in [-0.25, -0.2) is 0 Å². The van der Waals surface area contributed by atoms with Gasteiger partial charge in [0.25, 0.3) is 0 Å². The minimum absolute atomic E-state index is 0.0217. The number of nitrogen functional groups attached to an aromatic ring is 1. The molecule has 3 atom stereocenters. The topological polar surface area (TPSA) is 101 Å². The van der Waals surface area contributed by atoms with E-state index in [1.54, 1.807) is 17.0 Å². The second-order valence-electron chi connectivity index (χ2n) is 10.5. The summed E-state index contributed by atoms with van der Waals surface area (Å²) >= 11 is 5.72. The summed E-state index contributed by atoms with van der Waals surface area (Å²) < 4.78 is 36.5. The third-order valence-corrected chi connectivity index (χ3v) is 10.6. The molecule has 1 aromatic carbocycles. The Bertz CT molecular complexity index is 1530. The van der Waals surface area contributed by atoms with Crippen LogP contribution in [0.15, 0.2) is 24.8 Å². The van der Waals surface area contributed by atoms with Gasteiger partial charge in [-0.1, -0.05) is 0 Å². The van der Waals surface area contributed by atoms with Gasteiger partial charge < -0.3 is 0 Å². The molecule has 2 aliphatic heterocycles. The van der Waals surface area contributed by atoms with Gasteiger partial charge in [0.2, 0.25) is 0 Å². The van der Waals surface area contributed by atoms with Crippen molar-refractivity contribution in [1.82, 2.24) is 24.8 Å². The number of halogens is 4. The van der Waals surface area contributed by atoms with Crippen LogP contribution in [0, 0.1) is 19.7 Å². The number of carbonyl (C=O) groups excluding carboxylic acids is 1. The van der Waals surface area contributed by atoms with E-state index < -0.39 is 33.6 Å². The molecule has 0 radical (unpaired) electrons. The first-order valence-corrected chi connectivity index (χ1v) is 15.7. The van der Waals surface area contributed by atoms with Gasteiger partial charge in [-0.05, 0) is 0 Å². The molecule has 2 saturated heterocycles. The molecule has 2 N–H and O–H groups in total. The average molecular weight is 699 g/mol. The quantitative estimate of drug-likeness (QED) is 0.178. The first-order chi connectivity index (χ1) is 19.5. The number of pyridine rings is 1. The van der Waals surface area contributed by atoms with Gasteiger partial charge in [-0.2, -0.15) is 0 Å². The number of fused-ring (bicyclic) bond motifs is 1. The van der Waals surface area contributed by atoms with E-state index in [2.05, 4.69) is 16.5 Å². The number of rotatable bonds is 6. The van der Waals surface area contributed by atoms with E-state index in [9.17, 15) is 9.18 Å². The van der Waals surface area contributed by atoms with E-state index in [1.165, 1.54) is 6.08 Å². The predicted octanol–water partition coefficient (Wildman–Crippen LogP) is 1.29. The summed E-state index contributed by atoms with van der Waals surface area (Å²) in [5.74, 6) is -0.0991. The fourth-order valence-electron chi connectivity index (χ4n) is 5.33. The number of carbonyl (C=O) groups is 1. The summed E-state index contributed by atoms with van der Waals surface area (Å²) in [7, 11) is 1.86. The molecular weight excluding hydrogens is 667 g/mol. The number of aryl methyl sites for hydroxylation is 1. The van der Waals surface area contributed by atoms with Crippen molar-refractivity contribution >= 4 is 40.0 Å². The third-order valence-electron chi connectivity index (χ3n) is 7.65. The number of nitrogens with zero attached hydrogens (tertiary/aromatic N) is 6. The van der Waals surface area contributed by atoms with Crippen LogP contribution >= 0.6 is 11.6 Å². The van der Waals surface area contributed by atoms with Crippen LogP contribution in [-0.4, -0.2) is 80.1 Å². The van der Waals surface area contributed by atoms with Gasteiger partial charge in [0.05, 0.1) is 0 Å². The van der Waals surface area contributed by atoms with Crippen LogP contribution in [0.5, 0.6) is 6.01 Å². The molecule has 41 heavy (non-hydrogen) atoms. The molecule has 2 aromatic heterocycles. The number of hydrogen-bond acceptors (Lipinski definition) is 8. The molecule has 5 rings (SSSR count). The van der Waals surface area contributed by atoms with E-state index in [0.29, 0.717) is 49.5 Å². The average Bonchev–Trinajstić information content (AvgIpc) is 3.26. The summed E-state index contributed by atoms with van der Waals surface area (Å²) in [6, 6.07) is 3.24. The van der Waals surface area contributed by atoms with Crippen molar-refractivity contribution in [3.63, 3.8) is 0 Å². The van der Waals surface area contributed by atoms with Crippen molar-refractivity contribution < 1.29 is 38.3 Å². The maximum absolute atomic E-state index is 16.5. The molecular formula is C28H32ClF2IN7O2-. The van der Waals surface area contributed by atoms with Gasteiger partial charge in [-0.3, -0.25) is 0 Å². The summed E-state index contributed by atoms with van der Waals surface area (Å²) in [6.45, 7) is 10.9. The summed E-state index contributed by atoms with van der Waals surface area (Å²) in [5.41, 5.74) is 8.09. The molecule has 2 aliphatic rings. The van der Waals surface area contributed by atoms with E-state index >= 15 is 4.39 Å². The third kappa shape index (κ3) is 5.78. The second-order valence-corrected chi connectivity index (χ2v) is 13.3. The van der Waals surface area contributed by atoms with Crippen molar-refractivity contribution in [2.24, 2.45) is 0 Å². The van der Waals surface area contributed by atoms with E-state index in [-0.39, 0.29) is 43.9 Å². The molecule has 13 heteroatoms. The van der Waals surface area contributed by atoms with Crippen LogP contribution < -0.4 is 35.3 Å². The Morgan fingerprint density at radius 3 is 2.66 bits per heavy atom. The monoisotopic (exact) mass is 698 g/mol. The van der Waals surface area contributed by atoms with Crippen molar-refractivity contribution in [2.45, 2.75) is 43.5 Å². The molecule has 2 fully saturated rings. The van der Waals surface area contributed by atoms with Crippen molar-refractivity contribution in [1.29, 1.82) is 0 Å². The maximum atomic E-state index is 16.5. The molecule has 0 aliphatic carbocycles. The normalized spacial score (nSPS) is 21.6. The minimum atomic E-state index is -1.02. The first kappa shape index (κ1) is 29.6. The number of piperazine rings is 1. The Kier molecular flexibility index (Phi) is 8.53. The number of alkyl halides is 2. The van der Waals surface area contributed by atoms with Gasteiger partial charge >= 0.3 is 254 Å². The van der Waals surface area contributed by atoms with E-state index in [1.807, 2.05) is 37.6 Å².